The molecule has 0 aromatic carbocycles. The van der Waals surface area contributed by atoms with Crippen LogP contribution in [0.5, 0.6) is 0 Å². The van der Waals surface area contributed by atoms with Crippen molar-refractivity contribution in [1.82, 2.24) is 5.32 Å². The van der Waals surface area contributed by atoms with Gasteiger partial charge in [-0.1, -0.05) is 0 Å². The average molecular weight is 179 g/mol. The quantitative estimate of drug-likeness (QED) is 0.548. The molecule has 1 atom stereocenters. The van der Waals surface area contributed by atoms with E-state index in [1.165, 1.54) is 0 Å². The van der Waals surface area contributed by atoms with Crippen molar-refractivity contribution in [3.8, 4) is 0 Å². The number of aliphatic carboxylic acids is 1. The summed E-state index contributed by atoms with van der Waals surface area (Å²) < 4.78 is 0. The third kappa shape index (κ3) is 2.35. The Kier molecular flexibility index (Phi) is 3.86. The number of hydrogen-bond donors (Lipinski definition) is 2. The maximum Gasteiger partial charge on any atom is 1.00 e. The van der Waals surface area contributed by atoms with Crippen LogP contribution in [0.4, 0.5) is 0 Å². The molecule has 0 aromatic heterocycles. The van der Waals surface area contributed by atoms with Gasteiger partial charge >= 0.3 is 23.0 Å². The summed E-state index contributed by atoms with van der Waals surface area (Å²) in [7, 11) is 0. The molecule has 1 heterocycles. The maximum absolute atomic E-state index is 10.1. The zero-order valence-electron chi connectivity index (χ0n) is 4.86. The van der Waals surface area contributed by atoms with Crippen molar-refractivity contribution >= 4 is 5.97 Å². The van der Waals surface area contributed by atoms with Gasteiger partial charge < -0.3 is 10.4 Å². The summed E-state index contributed by atoms with van der Waals surface area (Å²) in [6.45, 7) is 0.858. The van der Waals surface area contributed by atoms with Crippen molar-refractivity contribution in [2.75, 3.05) is 6.54 Å². The molecule has 3 nitrogen and oxygen atoms in total. The molecule has 1 saturated heterocycles. The summed E-state index contributed by atoms with van der Waals surface area (Å²) in [5.74, 6) is -0.720. The summed E-state index contributed by atoms with van der Waals surface area (Å²) in [4.78, 5) is 10.1. The fraction of sp³-hybridized carbons (Fsp3) is 0.800. The Hall–Kier alpha value is -0.0505. The van der Waals surface area contributed by atoms with Crippen LogP contribution in [0.25, 0.3) is 0 Å². The number of carboxylic acid groups (broad SMARTS) is 1. The molecule has 1 fully saturated rings. The molecular weight excluding hydrogens is 170 g/mol. The van der Waals surface area contributed by atoms with E-state index < -0.39 is 5.97 Å². The zero-order chi connectivity index (χ0) is 5.98. The van der Waals surface area contributed by atoms with E-state index in [9.17, 15) is 4.79 Å². The van der Waals surface area contributed by atoms with Crippen LogP contribution in [-0.2, 0) is 21.9 Å². The molecule has 56 valence electrons. The SMILES string of the molecule is O=C(O)[C@@H]1CCCN1.[Cu+]. The second-order valence-electron chi connectivity index (χ2n) is 1.99. The van der Waals surface area contributed by atoms with Crippen LogP contribution in [0.15, 0.2) is 0 Å². The number of nitrogens with one attached hydrogen (secondary N) is 1. The van der Waals surface area contributed by atoms with Crippen molar-refractivity contribution in [1.29, 1.82) is 0 Å². The van der Waals surface area contributed by atoms with Crippen molar-refractivity contribution in [3.05, 3.63) is 0 Å². The molecule has 0 aliphatic carbocycles. The van der Waals surface area contributed by atoms with Crippen LogP contribution in [0.2, 0.25) is 0 Å². The minimum Gasteiger partial charge on any atom is -0.480 e. The van der Waals surface area contributed by atoms with Crippen LogP contribution in [0.3, 0.4) is 0 Å². The van der Waals surface area contributed by atoms with Gasteiger partial charge in [-0.3, -0.25) is 4.79 Å². The Bertz CT molecular complexity index is 101. The largest absolute Gasteiger partial charge is 1.00 e. The van der Waals surface area contributed by atoms with E-state index in [1.807, 2.05) is 0 Å². The molecule has 0 unspecified atom stereocenters. The Morgan fingerprint density at radius 2 is 2.33 bits per heavy atom. The Balaban J connectivity index is 0.000000640. The van der Waals surface area contributed by atoms with E-state index in [-0.39, 0.29) is 23.1 Å². The predicted octanol–water partition coefficient (Wildman–Crippen LogP) is -0.179. The first kappa shape index (κ1) is 8.95. The topological polar surface area (TPSA) is 49.3 Å². The van der Waals surface area contributed by atoms with E-state index in [4.69, 9.17) is 5.11 Å². The number of carbonyl (C=O) groups is 1. The third-order valence-electron chi connectivity index (χ3n) is 1.36. The van der Waals surface area contributed by atoms with E-state index in [0.29, 0.717) is 0 Å². The minimum absolute atomic E-state index is 0. The van der Waals surface area contributed by atoms with Gasteiger partial charge in [-0.2, -0.15) is 0 Å². The van der Waals surface area contributed by atoms with Crippen molar-refractivity contribution in [3.63, 3.8) is 0 Å². The smallest absolute Gasteiger partial charge is 0.480 e. The molecular formula is C5H9CuNO2+. The van der Waals surface area contributed by atoms with Gasteiger partial charge in [-0.15, -0.1) is 0 Å². The molecule has 2 N–H and O–H groups in total. The Morgan fingerprint density at radius 3 is 2.56 bits per heavy atom. The van der Waals surface area contributed by atoms with Gasteiger partial charge in [0.1, 0.15) is 6.04 Å². The van der Waals surface area contributed by atoms with E-state index in [1.54, 1.807) is 0 Å². The van der Waals surface area contributed by atoms with Crippen molar-refractivity contribution in [2.24, 2.45) is 0 Å². The van der Waals surface area contributed by atoms with Gasteiger partial charge in [-0.25, -0.2) is 0 Å². The van der Waals surface area contributed by atoms with Gasteiger partial charge in [0.05, 0.1) is 0 Å². The monoisotopic (exact) mass is 178 g/mol. The van der Waals surface area contributed by atoms with Gasteiger partial charge in [0.25, 0.3) is 0 Å². The molecule has 1 rings (SSSR count). The third-order valence-corrected chi connectivity index (χ3v) is 1.36. The van der Waals surface area contributed by atoms with E-state index in [2.05, 4.69) is 5.32 Å². The summed E-state index contributed by atoms with van der Waals surface area (Å²) in [5.41, 5.74) is 0. The summed E-state index contributed by atoms with van der Waals surface area (Å²) >= 11 is 0. The fourth-order valence-electron chi connectivity index (χ4n) is 0.895. The molecule has 9 heavy (non-hydrogen) atoms. The Morgan fingerprint density at radius 1 is 1.67 bits per heavy atom. The summed E-state index contributed by atoms with van der Waals surface area (Å²) in [6, 6.07) is -0.269. The maximum atomic E-state index is 10.1. The normalized spacial score (nSPS) is 25.1. The van der Waals surface area contributed by atoms with Crippen LogP contribution < -0.4 is 5.32 Å². The zero-order valence-corrected chi connectivity index (χ0v) is 5.80. The van der Waals surface area contributed by atoms with Gasteiger partial charge in [0.15, 0.2) is 0 Å². The molecule has 0 spiro atoms. The van der Waals surface area contributed by atoms with Gasteiger partial charge in [0.2, 0.25) is 0 Å². The molecule has 0 aromatic rings. The average Bonchev–Trinajstić information content (AvgIpc) is 2.12. The molecule has 1 aliphatic rings. The van der Waals surface area contributed by atoms with Gasteiger partial charge in [0, 0.05) is 0 Å². The van der Waals surface area contributed by atoms with Crippen LogP contribution in [-0.4, -0.2) is 23.7 Å². The first-order valence-electron chi connectivity index (χ1n) is 2.77. The number of rotatable bonds is 1. The Labute approximate surface area is 64.3 Å². The summed E-state index contributed by atoms with van der Waals surface area (Å²) in [6.07, 6.45) is 1.78. The molecule has 0 bridgehead atoms. The molecule has 0 saturated carbocycles. The molecule has 0 radical (unpaired) electrons. The predicted molar refractivity (Wildman–Crippen MR) is 28.7 cm³/mol. The molecule has 0 amide bonds. The van der Waals surface area contributed by atoms with Crippen LogP contribution >= 0.6 is 0 Å². The number of hydrogen-bond acceptors (Lipinski definition) is 2. The van der Waals surface area contributed by atoms with Gasteiger partial charge in [-0.05, 0) is 19.4 Å². The molecule has 4 heteroatoms. The van der Waals surface area contributed by atoms with Crippen molar-refractivity contribution < 1.29 is 27.0 Å². The fourth-order valence-corrected chi connectivity index (χ4v) is 0.895. The van der Waals surface area contributed by atoms with E-state index >= 15 is 0 Å². The standard InChI is InChI=1S/C5H9NO2.Cu/c7-5(8)4-2-1-3-6-4;/h4,6H,1-3H2,(H,7,8);/q;+1/t4-;/m0./s1. The second-order valence-corrected chi connectivity index (χ2v) is 1.99. The van der Waals surface area contributed by atoms with Crippen molar-refractivity contribution in [2.45, 2.75) is 18.9 Å². The van der Waals surface area contributed by atoms with Crippen LogP contribution in [0.1, 0.15) is 12.8 Å². The molecule has 1 aliphatic heterocycles. The minimum atomic E-state index is -0.720. The van der Waals surface area contributed by atoms with Crippen LogP contribution in [0, 0.1) is 0 Å². The first-order valence-corrected chi connectivity index (χ1v) is 2.77. The van der Waals surface area contributed by atoms with E-state index in [0.717, 1.165) is 19.4 Å². The second kappa shape index (κ2) is 3.88. The summed E-state index contributed by atoms with van der Waals surface area (Å²) in [5, 5.41) is 11.2. The number of carboxylic acids is 1. The first-order chi connectivity index (χ1) is 3.80.